The lowest BCUT2D eigenvalue weighted by atomic mass is 10.1. The number of halogens is 1. The molecule has 0 heterocycles. The second-order valence-corrected chi connectivity index (χ2v) is 4.72. The number of hydrogen-bond acceptors (Lipinski definition) is 1. The first-order valence-corrected chi connectivity index (χ1v) is 6.08. The normalized spacial score (nSPS) is 10.2. The van der Waals surface area contributed by atoms with Gasteiger partial charge in [-0.1, -0.05) is 35.4 Å². The number of carbonyl (C=O) groups excluding carboxylic acids is 1. The van der Waals surface area contributed by atoms with Crippen molar-refractivity contribution in [1.29, 1.82) is 0 Å². The molecule has 0 saturated heterocycles. The molecule has 0 aliphatic rings. The number of hydrogen-bond donors (Lipinski definition) is 1. The van der Waals surface area contributed by atoms with E-state index in [-0.39, 0.29) is 5.91 Å². The number of carbonyl (C=O) groups is 1. The predicted molar refractivity (Wildman–Crippen MR) is 75.3 cm³/mol. The van der Waals surface area contributed by atoms with Crippen LogP contribution in [0.25, 0.3) is 0 Å². The van der Waals surface area contributed by atoms with Gasteiger partial charge in [0.25, 0.3) is 5.91 Å². The highest BCUT2D eigenvalue weighted by atomic mass is 35.5. The minimum Gasteiger partial charge on any atom is -0.322 e. The molecule has 3 heteroatoms. The summed E-state index contributed by atoms with van der Waals surface area (Å²) in [5, 5.41) is 3.45. The SMILES string of the molecule is Cc1ccc(C)c(C(=O)Nc2cccc(Cl)c2)c1. The number of anilines is 1. The summed E-state index contributed by atoms with van der Waals surface area (Å²) in [6.45, 7) is 3.89. The van der Waals surface area contributed by atoms with E-state index in [0.29, 0.717) is 16.3 Å². The fourth-order valence-corrected chi connectivity index (χ4v) is 1.94. The molecule has 1 amide bonds. The van der Waals surface area contributed by atoms with E-state index >= 15 is 0 Å². The molecule has 92 valence electrons. The van der Waals surface area contributed by atoms with Crippen LogP contribution in [0.3, 0.4) is 0 Å². The Morgan fingerprint density at radius 1 is 1.11 bits per heavy atom. The van der Waals surface area contributed by atoms with Crippen molar-refractivity contribution in [3.8, 4) is 0 Å². The van der Waals surface area contributed by atoms with Crippen molar-refractivity contribution in [1.82, 2.24) is 0 Å². The lowest BCUT2D eigenvalue weighted by molar-refractivity contribution is 0.102. The number of amides is 1. The fraction of sp³-hybridized carbons (Fsp3) is 0.133. The standard InChI is InChI=1S/C15H14ClNO/c1-10-6-7-11(2)14(8-10)15(18)17-13-5-3-4-12(16)9-13/h3-9H,1-2H3,(H,17,18). The molecule has 0 atom stereocenters. The largest absolute Gasteiger partial charge is 0.322 e. The molecule has 0 fully saturated rings. The zero-order chi connectivity index (χ0) is 13.1. The zero-order valence-electron chi connectivity index (χ0n) is 10.3. The van der Waals surface area contributed by atoms with Crippen molar-refractivity contribution in [3.63, 3.8) is 0 Å². The maximum atomic E-state index is 12.1. The van der Waals surface area contributed by atoms with Crippen LogP contribution in [0.1, 0.15) is 21.5 Å². The molecular weight excluding hydrogens is 246 g/mol. The molecule has 2 rings (SSSR count). The quantitative estimate of drug-likeness (QED) is 0.860. The summed E-state index contributed by atoms with van der Waals surface area (Å²) in [6, 6.07) is 12.9. The molecule has 0 aliphatic carbocycles. The third kappa shape index (κ3) is 2.90. The first-order valence-electron chi connectivity index (χ1n) is 5.70. The van der Waals surface area contributed by atoms with Gasteiger partial charge in [0, 0.05) is 16.3 Å². The van der Waals surface area contributed by atoms with Crippen LogP contribution >= 0.6 is 11.6 Å². The highest BCUT2D eigenvalue weighted by Crippen LogP contribution is 2.17. The van der Waals surface area contributed by atoms with E-state index in [1.165, 1.54) is 0 Å². The van der Waals surface area contributed by atoms with Crippen molar-refractivity contribution in [3.05, 3.63) is 64.2 Å². The molecule has 2 aromatic carbocycles. The Labute approximate surface area is 112 Å². The monoisotopic (exact) mass is 259 g/mol. The van der Waals surface area contributed by atoms with Crippen LogP contribution in [0.5, 0.6) is 0 Å². The van der Waals surface area contributed by atoms with Gasteiger partial charge in [0.05, 0.1) is 0 Å². The Bertz CT molecular complexity index is 593. The maximum Gasteiger partial charge on any atom is 0.255 e. The van der Waals surface area contributed by atoms with Crippen molar-refractivity contribution >= 4 is 23.2 Å². The zero-order valence-corrected chi connectivity index (χ0v) is 11.1. The van der Waals surface area contributed by atoms with E-state index in [2.05, 4.69) is 5.32 Å². The van der Waals surface area contributed by atoms with E-state index in [1.807, 2.05) is 38.1 Å². The summed E-state index contributed by atoms with van der Waals surface area (Å²) in [5.41, 5.74) is 3.42. The molecule has 2 nitrogen and oxygen atoms in total. The summed E-state index contributed by atoms with van der Waals surface area (Å²) in [6.07, 6.45) is 0. The van der Waals surface area contributed by atoms with Gasteiger partial charge >= 0.3 is 0 Å². The lowest BCUT2D eigenvalue weighted by Crippen LogP contribution is -2.13. The van der Waals surface area contributed by atoms with Crippen LogP contribution in [0.2, 0.25) is 5.02 Å². The highest BCUT2D eigenvalue weighted by Gasteiger charge is 2.09. The van der Waals surface area contributed by atoms with Gasteiger partial charge in [-0.05, 0) is 43.7 Å². The van der Waals surface area contributed by atoms with E-state index in [1.54, 1.807) is 18.2 Å². The molecule has 0 bridgehead atoms. The van der Waals surface area contributed by atoms with Crippen molar-refractivity contribution in [2.45, 2.75) is 13.8 Å². The summed E-state index contributed by atoms with van der Waals surface area (Å²) < 4.78 is 0. The van der Waals surface area contributed by atoms with Crippen LogP contribution in [-0.4, -0.2) is 5.91 Å². The Morgan fingerprint density at radius 3 is 2.61 bits per heavy atom. The molecule has 1 N–H and O–H groups in total. The number of nitrogens with one attached hydrogen (secondary N) is 1. The van der Waals surface area contributed by atoms with Gasteiger partial charge in [-0.3, -0.25) is 4.79 Å². The number of aryl methyl sites for hydroxylation is 2. The van der Waals surface area contributed by atoms with E-state index in [9.17, 15) is 4.79 Å². The van der Waals surface area contributed by atoms with Crippen LogP contribution in [0.4, 0.5) is 5.69 Å². The average molecular weight is 260 g/mol. The van der Waals surface area contributed by atoms with Crippen molar-refractivity contribution < 1.29 is 4.79 Å². The van der Waals surface area contributed by atoms with Gasteiger partial charge in [0.1, 0.15) is 0 Å². The second kappa shape index (κ2) is 5.23. The third-order valence-electron chi connectivity index (χ3n) is 2.72. The van der Waals surface area contributed by atoms with Crippen LogP contribution < -0.4 is 5.32 Å². The van der Waals surface area contributed by atoms with E-state index < -0.39 is 0 Å². The average Bonchev–Trinajstić information content (AvgIpc) is 2.32. The second-order valence-electron chi connectivity index (χ2n) is 4.28. The van der Waals surface area contributed by atoms with Gasteiger partial charge in [-0.2, -0.15) is 0 Å². The topological polar surface area (TPSA) is 29.1 Å². The van der Waals surface area contributed by atoms with Gasteiger partial charge in [0.2, 0.25) is 0 Å². The molecule has 2 aromatic rings. The lowest BCUT2D eigenvalue weighted by Gasteiger charge is -2.08. The minimum atomic E-state index is -0.113. The van der Waals surface area contributed by atoms with Crippen LogP contribution in [-0.2, 0) is 0 Å². The Balaban J connectivity index is 2.24. The summed E-state index contributed by atoms with van der Waals surface area (Å²) in [4.78, 5) is 12.1. The van der Waals surface area contributed by atoms with Gasteiger partial charge in [-0.15, -0.1) is 0 Å². The Kier molecular flexibility index (Phi) is 3.68. The van der Waals surface area contributed by atoms with Gasteiger partial charge in [0.15, 0.2) is 0 Å². The predicted octanol–water partition coefficient (Wildman–Crippen LogP) is 4.21. The molecule has 0 saturated carbocycles. The van der Waals surface area contributed by atoms with Crippen molar-refractivity contribution in [2.24, 2.45) is 0 Å². The maximum absolute atomic E-state index is 12.1. The Hall–Kier alpha value is -1.80. The molecule has 18 heavy (non-hydrogen) atoms. The highest BCUT2D eigenvalue weighted by molar-refractivity contribution is 6.31. The minimum absolute atomic E-state index is 0.113. The number of benzene rings is 2. The molecule has 0 aliphatic heterocycles. The summed E-state index contributed by atoms with van der Waals surface area (Å²) >= 11 is 5.88. The summed E-state index contributed by atoms with van der Waals surface area (Å²) in [7, 11) is 0. The molecule has 0 aromatic heterocycles. The summed E-state index contributed by atoms with van der Waals surface area (Å²) in [5.74, 6) is -0.113. The smallest absolute Gasteiger partial charge is 0.255 e. The van der Waals surface area contributed by atoms with Gasteiger partial charge < -0.3 is 5.32 Å². The first kappa shape index (κ1) is 12.7. The van der Waals surface area contributed by atoms with E-state index in [0.717, 1.165) is 11.1 Å². The molecule has 0 unspecified atom stereocenters. The third-order valence-corrected chi connectivity index (χ3v) is 2.96. The first-order chi connectivity index (χ1) is 8.56. The van der Waals surface area contributed by atoms with Crippen molar-refractivity contribution in [2.75, 3.05) is 5.32 Å². The van der Waals surface area contributed by atoms with Gasteiger partial charge in [-0.25, -0.2) is 0 Å². The Morgan fingerprint density at radius 2 is 1.89 bits per heavy atom. The van der Waals surface area contributed by atoms with E-state index in [4.69, 9.17) is 11.6 Å². The molecule has 0 spiro atoms. The fourth-order valence-electron chi connectivity index (χ4n) is 1.75. The number of rotatable bonds is 2. The molecular formula is C15H14ClNO. The van der Waals surface area contributed by atoms with Crippen LogP contribution in [0.15, 0.2) is 42.5 Å². The molecule has 0 radical (unpaired) electrons. The van der Waals surface area contributed by atoms with Crippen LogP contribution in [0, 0.1) is 13.8 Å².